The fourth-order valence-electron chi connectivity index (χ4n) is 10.1. The first-order chi connectivity index (χ1) is 19.4. The molecule has 11 atom stereocenters. The Morgan fingerprint density at radius 1 is 1.10 bits per heavy atom. The number of pyridine rings is 1. The van der Waals surface area contributed by atoms with Crippen LogP contribution in [-0.2, 0) is 14.8 Å². The van der Waals surface area contributed by atoms with E-state index in [-0.39, 0.29) is 52.4 Å². The van der Waals surface area contributed by atoms with Crippen LogP contribution in [0, 0.1) is 52.3 Å². The second-order valence-corrected chi connectivity index (χ2v) is 15.5. The van der Waals surface area contributed by atoms with Gasteiger partial charge in [0.2, 0.25) is 0 Å². The lowest BCUT2D eigenvalue weighted by Crippen LogP contribution is -2.62. The Balaban J connectivity index is 1.25. The Kier molecular flexibility index (Phi) is 8.42. The molecule has 9 nitrogen and oxygen atoms in total. The first kappa shape index (κ1) is 30.5. The third kappa shape index (κ3) is 5.26. The van der Waals surface area contributed by atoms with Crippen LogP contribution in [0.15, 0.2) is 23.4 Å². The number of methoxy groups -OCH3 is 1. The van der Waals surface area contributed by atoms with Crippen LogP contribution >= 0.6 is 0 Å². The first-order valence-corrected chi connectivity index (χ1v) is 16.9. The summed E-state index contributed by atoms with van der Waals surface area (Å²) in [7, 11) is -2.71. The molecule has 5 rings (SSSR count). The van der Waals surface area contributed by atoms with Gasteiger partial charge in [0.05, 0.1) is 32.1 Å². The molecule has 4 saturated carbocycles. The average Bonchev–Trinajstić information content (AvgIpc) is 3.30. The molecular formula is C31H48N2O7S. The minimum Gasteiger partial charge on any atom is -0.495 e. The van der Waals surface area contributed by atoms with Crippen molar-refractivity contribution in [1.29, 1.82) is 0 Å². The van der Waals surface area contributed by atoms with E-state index in [1.54, 1.807) is 0 Å². The first-order valence-electron chi connectivity index (χ1n) is 15.4. The van der Waals surface area contributed by atoms with Crippen molar-refractivity contribution in [2.45, 2.75) is 96.3 Å². The standard InChI is InChI=1S/C31H48N2O7S/c1-6-21-25-15-19(34)11-13-31(25,4)24-12-14-30(3)22(8-9-23(30)27(24)28(21)35)18(2)17-40-29(36)33-41(37,38)26-10-7-20(39-5)16-32-26/h7,10,16,18-19,21-25,27-28,34-35H,6,8-9,11-15,17H2,1-5H3,(H,33,36)/t18-,19-,21-,22-,23+,24+,25+,27+,28-,30-,31-/m1/s1. The van der Waals surface area contributed by atoms with Gasteiger partial charge in [-0.15, -0.1) is 0 Å². The molecule has 0 aromatic carbocycles. The maximum atomic E-state index is 12.6. The summed E-state index contributed by atoms with van der Waals surface area (Å²) in [6.07, 6.45) is 7.49. The van der Waals surface area contributed by atoms with Crippen molar-refractivity contribution in [3.63, 3.8) is 0 Å². The molecule has 1 aromatic rings. The predicted molar refractivity (Wildman–Crippen MR) is 153 cm³/mol. The highest BCUT2D eigenvalue weighted by molar-refractivity contribution is 7.90. The van der Waals surface area contributed by atoms with E-state index in [4.69, 9.17) is 9.47 Å². The van der Waals surface area contributed by atoms with Gasteiger partial charge in [0.25, 0.3) is 10.0 Å². The van der Waals surface area contributed by atoms with Crippen molar-refractivity contribution >= 4 is 16.1 Å². The second-order valence-electron chi connectivity index (χ2n) is 13.8. The predicted octanol–water partition coefficient (Wildman–Crippen LogP) is 4.77. The second kappa shape index (κ2) is 11.3. The summed E-state index contributed by atoms with van der Waals surface area (Å²) in [5, 5.41) is 22.1. The van der Waals surface area contributed by atoms with Crippen molar-refractivity contribution in [2.24, 2.45) is 52.3 Å². The number of aliphatic hydroxyl groups excluding tert-OH is 2. The van der Waals surface area contributed by atoms with E-state index in [0.29, 0.717) is 29.4 Å². The number of aromatic nitrogens is 1. The zero-order chi connectivity index (χ0) is 29.7. The van der Waals surface area contributed by atoms with Crippen LogP contribution in [0.2, 0.25) is 0 Å². The quantitative estimate of drug-likeness (QED) is 0.412. The molecule has 0 spiro atoms. The molecule has 230 valence electrons. The van der Waals surface area contributed by atoms with Crippen molar-refractivity contribution < 1.29 is 32.9 Å². The van der Waals surface area contributed by atoms with Gasteiger partial charge in [0, 0.05) is 0 Å². The Bertz CT molecular complexity index is 1210. The zero-order valence-corrected chi connectivity index (χ0v) is 25.9. The molecule has 4 aliphatic rings. The largest absolute Gasteiger partial charge is 0.495 e. The van der Waals surface area contributed by atoms with Crippen molar-refractivity contribution in [3.8, 4) is 5.75 Å². The number of hydrogen-bond donors (Lipinski definition) is 3. The molecule has 41 heavy (non-hydrogen) atoms. The molecule has 0 bridgehead atoms. The summed E-state index contributed by atoms with van der Waals surface area (Å²) in [5.41, 5.74) is 0.177. The molecule has 0 unspecified atom stereocenters. The average molecular weight is 593 g/mol. The van der Waals surface area contributed by atoms with Gasteiger partial charge in [-0.1, -0.05) is 34.1 Å². The lowest BCUT2D eigenvalue weighted by atomic mass is 9.41. The van der Waals surface area contributed by atoms with Gasteiger partial charge in [-0.05, 0) is 109 Å². The highest BCUT2D eigenvalue weighted by Crippen LogP contribution is 2.69. The fourth-order valence-corrected chi connectivity index (χ4v) is 10.9. The highest BCUT2D eigenvalue weighted by atomic mass is 32.2. The maximum absolute atomic E-state index is 12.6. The number of nitrogens with one attached hydrogen (secondary N) is 1. The van der Waals surface area contributed by atoms with Crippen molar-refractivity contribution in [2.75, 3.05) is 13.7 Å². The molecular weight excluding hydrogens is 544 g/mol. The summed E-state index contributed by atoms with van der Waals surface area (Å²) >= 11 is 0. The van der Waals surface area contributed by atoms with Gasteiger partial charge in [-0.3, -0.25) is 0 Å². The van der Waals surface area contributed by atoms with E-state index < -0.39 is 16.1 Å². The molecule has 0 aliphatic heterocycles. The Labute approximate surface area is 244 Å². The number of fused-ring (bicyclic) bond motifs is 5. The third-order valence-corrected chi connectivity index (χ3v) is 13.3. The van der Waals surface area contributed by atoms with Gasteiger partial charge in [-0.25, -0.2) is 14.5 Å². The van der Waals surface area contributed by atoms with Gasteiger partial charge < -0.3 is 19.7 Å². The summed E-state index contributed by atoms with van der Waals surface area (Å²) in [6, 6.07) is 2.73. The SMILES string of the molecule is CC[C@H]1[C@@H](O)[C@@H]2[C@H](CC[C@]3(C)[C@@H]([C@H](C)COC(=O)NS(=O)(=O)c4ccc(OC)cn4)CC[C@@H]23)[C@@]2(C)CC[C@@H](O)C[C@@H]12. The van der Waals surface area contributed by atoms with E-state index >= 15 is 0 Å². The third-order valence-electron chi connectivity index (χ3n) is 12.1. The summed E-state index contributed by atoms with van der Waals surface area (Å²) in [6.45, 7) is 9.20. The Morgan fingerprint density at radius 3 is 2.46 bits per heavy atom. The number of amides is 1. The number of carbonyl (C=O) groups is 1. The van der Waals surface area contributed by atoms with E-state index in [0.717, 1.165) is 51.4 Å². The highest BCUT2D eigenvalue weighted by Gasteiger charge is 2.64. The van der Waals surface area contributed by atoms with E-state index in [9.17, 15) is 23.4 Å². The van der Waals surface area contributed by atoms with Crippen LogP contribution in [0.1, 0.15) is 79.1 Å². The molecule has 1 amide bonds. The van der Waals surface area contributed by atoms with Crippen molar-refractivity contribution in [1.82, 2.24) is 9.71 Å². The number of rotatable bonds is 7. The lowest BCUT2D eigenvalue weighted by molar-refractivity contribution is -0.203. The smallest absolute Gasteiger partial charge is 0.421 e. The van der Waals surface area contributed by atoms with Gasteiger partial charge in [0.15, 0.2) is 5.03 Å². The van der Waals surface area contributed by atoms with E-state index in [1.807, 2.05) is 4.72 Å². The molecule has 1 aromatic heterocycles. The topological polar surface area (TPSA) is 135 Å². The van der Waals surface area contributed by atoms with Crippen LogP contribution in [0.3, 0.4) is 0 Å². The molecule has 0 saturated heterocycles. The van der Waals surface area contributed by atoms with Crippen LogP contribution < -0.4 is 9.46 Å². The van der Waals surface area contributed by atoms with Gasteiger partial charge in [0.1, 0.15) is 5.75 Å². The zero-order valence-electron chi connectivity index (χ0n) is 25.1. The number of hydrogen-bond acceptors (Lipinski definition) is 8. The number of aliphatic hydroxyl groups is 2. The molecule has 1 heterocycles. The number of nitrogens with zero attached hydrogens (tertiary/aromatic N) is 1. The summed E-state index contributed by atoms with van der Waals surface area (Å²) in [4.78, 5) is 16.4. The van der Waals surface area contributed by atoms with E-state index in [1.165, 1.54) is 25.4 Å². The monoisotopic (exact) mass is 592 g/mol. The maximum Gasteiger partial charge on any atom is 0.421 e. The van der Waals surface area contributed by atoms with Gasteiger partial charge >= 0.3 is 6.09 Å². The Hall–Kier alpha value is -1.91. The van der Waals surface area contributed by atoms with Crippen LogP contribution in [0.5, 0.6) is 5.75 Å². The number of carbonyl (C=O) groups excluding carboxylic acids is 1. The lowest BCUT2D eigenvalue weighted by Gasteiger charge is -2.64. The van der Waals surface area contributed by atoms with Crippen LogP contribution in [-0.4, -0.2) is 55.6 Å². The van der Waals surface area contributed by atoms with E-state index in [2.05, 4.69) is 32.7 Å². The minimum atomic E-state index is -4.16. The molecule has 10 heteroatoms. The van der Waals surface area contributed by atoms with Crippen molar-refractivity contribution in [3.05, 3.63) is 18.3 Å². The molecule has 3 N–H and O–H groups in total. The van der Waals surface area contributed by atoms with Gasteiger partial charge in [-0.2, -0.15) is 8.42 Å². The minimum absolute atomic E-state index is 0.0240. The number of sulfonamides is 1. The number of ether oxygens (including phenoxy) is 2. The summed E-state index contributed by atoms with van der Waals surface area (Å²) < 4.78 is 37.6. The normalized spacial score (nSPS) is 41.0. The van der Waals surface area contributed by atoms with Crippen LogP contribution in [0.4, 0.5) is 4.79 Å². The Morgan fingerprint density at radius 2 is 1.80 bits per heavy atom. The van der Waals surface area contributed by atoms with Crippen LogP contribution in [0.25, 0.3) is 0 Å². The molecule has 4 fully saturated rings. The molecule has 0 radical (unpaired) electrons. The summed E-state index contributed by atoms with van der Waals surface area (Å²) in [5.74, 6) is 2.46. The molecule has 4 aliphatic carbocycles. The fraction of sp³-hybridized carbons (Fsp3) is 0.806.